The highest BCUT2D eigenvalue weighted by Crippen LogP contribution is 2.18. The van der Waals surface area contributed by atoms with Crippen LogP contribution in [0.5, 0.6) is 5.75 Å². The topological polar surface area (TPSA) is 75.5 Å². The van der Waals surface area contributed by atoms with Crippen molar-refractivity contribution in [1.29, 1.82) is 0 Å². The van der Waals surface area contributed by atoms with Crippen LogP contribution in [0.3, 0.4) is 0 Å². The molecule has 1 aromatic carbocycles. The molecule has 0 bridgehead atoms. The van der Waals surface area contributed by atoms with Gasteiger partial charge in [0.05, 0.1) is 12.8 Å². The SMILES string of the molecule is Cc1ccc(C)c(OCC(=O)NNC(=S)NCc2ccco2)c1. The molecule has 2 rings (SSSR count). The predicted octanol–water partition coefficient (Wildman–Crippen LogP) is 1.97. The maximum Gasteiger partial charge on any atom is 0.276 e. The summed E-state index contributed by atoms with van der Waals surface area (Å²) in [4.78, 5) is 11.7. The van der Waals surface area contributed by atoms with E-state index in [2.05, 4.69) is 16.2 Å². The Bertz CT molecular complexity index is 671. The van der Waals surface area contributed by atoms with E-state index in [9.17, 15) is 4.79 Å². The van der Waals surface area contributed by atoms with E-state index < -0.39 is 0 Å². The molecule has 0 aliphatic heterocycles. The number of rotatable bonds is 5. The summed E-state index contributed by atoms with van der Waals surface area (Å²) in [5, 5.41) is 3.19. The van der Waals surface area contributed by atoms with Crippen LogP contribution in [0.25, 0.3) is 0 Å². The predicted molar refractivity (Wildman–Crippen MR) is 90.8 cm³/mol. The molecule has 0 spiro atoms. The normalized spacial score (nSPS) is 10.0. The second kappa shape index (κ2) is 8.19. The third-order valence-corrected chi connectivity index (χ3v) is 3.27. The number of carbonyl (C=O) groups excluding carboxylic acids is 1. The van der Waals surface area contributed by atoms with Gasteiger partial charge in [-0.2, -0.15) is 0 Å². The van der Waals surface area contributed by atoms with Gasteiger partial charge in [0.1, 0.15) is 11.5 Å². The lowest BCUT2D eigenvalue weighted by Crippen LogP contribution is -2.48. The third-order valence-electron chi connectivity index (χ3n) is 3.02. The fourth-order valence-electron chi connectivity index (χ4n) is 1.79. The Morgan fingerprint density at radius 1 is 1.26 bits per heavy atom. The molecule has 0 aliphatic rings. The molecule has 0 atom stereocenters. The van der Waals surface area contributed by atoms with E-state index in [-0.39, 0.29) is 12.5 Å². The summed E-state index contributed by atoms with van der Waals surface area (Å²) in [7, 11) is 0. The molecule has 23 heavy (non-hydrogen) atoms. The van der Waals surface area contributed by atoms with Crippen molar-refractivity contribution in [3.8, 4) is 5.75 Å². The Labute approximate surface area is 140 Å². The maximum absolute atomic E-state index is 11.7. The van der Waals surface area contributed by atoms with Gasteiger partial charge < -0.3 is 14.5 Å². The molecule has 122 valence electrons. The van der Waals surface area contributed by atoms with Crippen LogP contribution in [0.4, 0.5) is 0 Å². The first-order chi connectivity index (χ1) is 11.0. The van der Waals surface area contributed by atoms with E-state index in [1.54, 1.807) is 12.3 Å². The van der Waals surface area contributed by atoms with Crippen LogP contribution in [-0.2, 0) is 11.3 Å². The minimum atomic E-state index is -0.326. The smallest absolute Gasteiger partial charge is 0.276 e. The van der Waals surface area contributed by atoms with Crippen LogP contribution in [0.2, 0.25) is 0 Å². The first-order valence-corrected chi connectivity index (χ1v) is 7.50. The van der Waals surface area contributed by atoms with Crippen molar-refractivity contribution >= 4 is 23.2 Å². The second-order valence-corrected chi connectivity index (χ2v) is 5.40. The molecule has 6 nitrogen and oxygen atoms in total. The molecular weight excluding hydrogens is 314 g/mol. The van der Waals surface area contributed by atoms with Crippen LogP contribution in [0, 0.1) is 13.8 Å². The molecule has 0 fully saturated rings. The van der Waals surface area contributed by atoms with Gasteiger partial charge in [0.25, 0.3) is 5.91 Å². The van der Waals surface area contributed by atoms with Gasteiger partial charge in [-0.1, -0.05) is 12.1 Å². The molecule has 0 unspecified atom stereocenters. The van der Waals surface area contributed by atoms with Gasteiger partial charge in [-0.05, 0) is 55.4 Å². The fraction of sp³-hybridized carbons (Fsp3) is 0.250. The lowest BCUT2D eigenvalue weighted by atomic mass is 10.1. The summed E-state index contributed by atoms with van der Waals surface area (Å²) in [5.41, 5.74) is 7.13. The summed E-state index contributed by atoms with van der Waals surface area (Å²) in [6.07, 6.45) is 1.58. The Morgan fingerprint density at radius 2 is 2.09 bits per heavy atom. The maximum atomic E-state index is 11.7. The molecule has 0 aliphatic carbocycles. The highest BCUT2D eigenvalue weighted by Gasteiger charge is 2.06. The summed E-state index contributed by atoms with van der Waals surface area (Å²) in [6.45, 7) is 4.24. The monoisotopic (exact) mass is 333 g/mol. The van der Waals surface area contributed by atoms with Crippen LogP contribution in [0.15, 0.2) is 41.0 Å². The zero-order valence-electron chi connectivity index (χ0n) is 13.0. The van der Waals surface area contributed by atoms with E-state index in [1.807, 2.05) is 38.1 Å². The lowest BCUT2D eigenvalue weighted by Gasteiger charge is -2.12. The van der Waals surface area contributed by atoms with Crippen molar-refractivity contribution in [2.24, 2.45) is 0 Å². The first kappa shape index (κ1) is 16.8. The van der Waals surface area contributed by atoms with Crippen LogP contribution in [-0.4, -0.2) is 17.6 Å². The third kappa shape index (κ3) is 5.63. The first-order valence-electron chi connectivity index (χ1n) is 7.09. The standard InChI is InChI=1S/C16H19N3O3S/c1-11-5-6-12(2)14(8-11)22-10-15(20)18-19-16(23)17-9-13-4-3-7-21-13/h3-8H,9-10H2,1-2H3,(H,18,20)(H2,17,19,23). The highest BCUT2D eigenvalue weighted by atomic mass is 32.1. The molecule has 1 heterocycles. The van der Waals surface area contributed by atoms with Gasteiger partial charge in [-0.3, -0.25) is 15.6 Å². The van der Waals surface area contributed by atoms with Crippen molar-refractivity contribution in [2.75, 3.05) is 6.61 Å². The zero-order chi connectivity index (χ0) is 16.7. The minimum Gasteiger partial charge on any atom is -0.483 e. The van der Waals surface area contributed by atoms with Crippen molar-refractivity contribution < 1.29 is 13.9 Å². The Kier molecular flexibility index (Phi) is 5.99. The van der Waals surface area contributed by atoms with Gasteiger partial charge >= 0.3 is 0 Å². The summed E-state index contributed by atoms with van der Waals surface area (Å²) in [6, 6.07) is 9.46. The van der Waals surface area contributed by atoms with E-state index >= 15 is 0 Å². The molecule has 0 saturated heterocycles. The zero-order valence-corrected chi connectivity index (χ0v) is 13.8. The summed E-state index contributed by atoms with van der Waals surface area (Å²) >= 11 is 5.04. The van der Waals surface area contributed by atoms with Crippen LogP contribution < -0.4 is 20.9 Å². The van der Waals surface area contributed by atoms with Gasteiger partial charge in [0.2, 0.25) is 0 Å². The lowest BCUT2D eigenvalue weighted by molar-refractivity contribution is -0.123. The Balaban J connectivity index is 1.68. The number of hydrazine groups is 1. The quantitative estimate of drug-likeness (QED) is 0.574. The average molecular weight is 333 g/mol. The molecule has 1 aromatic heterocycles. The minimum absolute atomic E-state index is 0.0991. The van der Waals surface area contributed by atoms with E-state index in [0.29, 0.717) is 17.4 Å². The molecular formula is C16H19N3O3S. The van der Waals surface area contributed by atoms with E-state index in [4.69, 9.17) is 21.4 Å². The summed E-state index contributed by atoms with van der Waals surface area (Å²) < 4.78 is 10.7. The number of carbonyl (C=O) groups is 1. The number of hydrogen-bond donors (Lipinski definition) is 3. The molecule has 1 amide bonds. The van der Waals surface area contributed by atoms with E-state index in [1.165, 1.54) is 0 Å². The molecule has 2 aromatic rings. The number of thiocarbonyl (C=S) groups is 1. The number of aryl methyl sites for hydroxylation is 2. The molecule has 3 N–H and O–H groups in total. The largest absolute Gasteiger partial charge is 0.483 e. The number of nitrogens with one attached hydrogen (secondary N) is 3. The van der Waals surface area contributed by atoms with Gasteiger partial charge in [-0.25, -0.2) is 0 Å². The van der Waals surface area contributed by atoms with Gasteiger partial charge in [-0.15, -0.1) is 0 Å². The fourth-order valence-corrected chi connectivity index (χ4v) is 1.92. The second-order valence-electron chi connectivity index (χ2n) is 4.99. The van der Waals surface area contributed by atoms with Gasteiger partial charge in [0.15, 0.2) is 11.7 Å². The van der Waals surface area contributed by atoms with Crippen LogP contribution >= 0.6 is 12.2 Å². The Hall–Kier alpha value is -2.54. The number of amides is 1. The molecule has 0 radical (unpaired) electrons. The number of benzene rings is 1. The van der Waals surface area contributed by atoms with Crippen molar-refractivity contribution in [3.63, 3.8) is 0 Å². The Morgan fingerprint density at radius 3 is 2.83 bits per heavy atom. The highest BCUT2D eigenvalue weighted by molar-refractivity contribution is 7.80. The number of hydrogen-bond acceptors (Lipinski definition) is 4. The molecule has 7 heteroatoms. The van der Waals surface area contributed by atoms with Crippen molar-refractivity contribution in [3.05, 3.63) is 53.5 Å². The molecule has 0 saturated carbocycles. The van der Waals surface area contributed by atoms with Crippen molar-refractivity contribution in [2.45, 2.75) is 20.4 Å². The van der Waals surface area contributed by atoms with Gasteiger partial charge in [0, 0.05) is 0 Å². The van der Waals surface area contributed by atoms with E-state index in [0.717, 1.165) is 16.9 Å². The van der Waals surface area contributed by atoms with Crippen molar-refractivity contribution in [1.82, 2.24) is 16.2 Å². The average Bonchev–Trinajstić information content (AvgIpc) is 3.05. The number of furan rings is 1. The number of ether oxygens (including phenoxy) is 1. The summed E-state index contributed by atoms with van der Waals surface area (Å²) in [5.74, 6) is 1.12. The van der Waals surface area contributed by atoms with Crippen LogP contribution in [0.1, 0.15) is 16.9 Å².